The molecule has 0 saturated carbocycles. The van der Waals surface area contributed by atoms with Gasteiger partial charge in [-0.2, -0.15) is 0 Å². The number of carbonyl (C=O) groups excluding carboxylic acids is 1. The molecule has 0 radical (unpaired) electrons. The number of fused-ring (bicyclic) bond motifs is 1. The average molecular weight is 168 g/mol. The van der Waals surface area contributed by atoms with Crippen molar-refractivity contribution in [3.8, 4) is 0 Å². The highest BCUT2D eigenvalue weighted by Crippen LogP contribution is 2.25. The van der Waals surface area contributed by atoms with Crippen LogP contribution in [0.5, 0.6) is 0 Å². The molecule has 0 N–H and O–H groups in total. The first-order valence-electron chi connectivity index (χ1n) is 3.42. The van der Waals surface area contributed by atoms with Crippen molar-refractivity contribution in [3.05, 3.63) is 15.6 Å². The lowest BCUT2D eigenvalue weighted by Crippen LogP contribution is -2.08. The number of aromatic nitrogens is 1. The van der Waals surface area contributed by atoms with Crippen LogP contribution in [0.15, 0.2) is 0 Å². The molecule has 0 aromatic carbocycles. The molecule has 11 heavy (non-hydrogen) atoms. The lowest BCUT2D eigenvalue weighted by Gasteiger charge is -2.02. The minimum Gasteiger partial charge on any atom is -0.295 e. The second-order valence-electron chi connectivity index (χ2n) is 2.71. The number of aldehydes is 1. The van der Waals surface area contributed by atoms with Crippen LogP contribution in [0.4, 0.5) is 0 Å². The van der Waals surface area contributed by atoms with Crippen LogP contribution in [-0.4, -0.2) is 23.2 Å². The van der Waals surface area contributed by atoms with Crippen molar-refractivity contribution in [1.29, 1.82) is 0 Å². The summed E-state index contributed by atoms with van der Waals surface area (Å²) in [5.74, 6) is 0. The Morgan fingerprint density at radius 2 is 2.45 bits per heavy atom. The Hall–Kier alpha value is -0.740. The molecule has 3 nitrogen and oxygen atoms in total. The zero-order valence-corrected chi connectivity index (χ0v) is 7.02. The van der Waals surface area contributed by atoms with E-state index in [0.29, 0.717) is 5.01 Å². The third-order valence-electron chi connectivity index (χ3n) is 1.73. The van der Waals surface area contributed by atoms with Gasteiger partial charge in [-0.1, -0.05) is 0 Å². The van der Waals surface area contributed by atoms with Crippen LogP contribution in [0.1, 0.15) is 20.4 Å². The van der Waals surface area contributed by atoms with E-state index < -0.39 is 0 Å². The molecule has 58 valence electrons. The van der Waals surface area contributed by atoms with E-state index in [1.54, 1.807) is 0 Å². The molecule has 0 bridgehead atoms. The minimum atomic E-state index is 0.614. The summed E-state index contributed by atoms with van der Waals surface area (Å²) in [5.41, 5.74) is 1.08. The summed E-state index contributed by atoms with van der Waals surface area (Å²) in [6, 6.07) is 0. The van der Waals surface area contributed by atoms with Crippen LogP contribution in [0.2, 0.25) is 0 Å². The lowest BCUT2D eigenvalue weighted by molar-refractivity contribution is 0.112. The number of carbonyl (C=O) groups is 1. The Bertz CT molecular complexity index is 271. The van der Waals surface area contributed by atoms with Gasteiger partial charge in [0, 0.05) is 18.0 Å². The predicted molar refractivity (Wildman–Crippen MR) is 42.7 cm³/mol. The van der Waals surface area contributed by atoms with E-state index in [1.165, 1.54) is 16.2 Å². The molecule has 0 unspecified atom stereocenters. The number of rotatable bonds is 1. The minimum absolute atomic E-state index is 0.614. The van der Waals surface area contributed by atoms with E-state index >= 15 is 0 Å². The maximum atomic E-state index is 10.3. The monoisotopic (exact) mass is 168 g/mol. The Labute approximate surface area is 68.7 Å². The van der Waals surface area contributed by atoms with Crippen LogP contribution in [0.3, 0.4) is 0 Å². The van der Waals surface area contributed by atoms with Crippen LogP contribution in [-0.2, 0) is 13.1 Å². The summed E-state index contributed by atoms with van der Waals surface area (Å²) in [5, 5.41) is 0.614. The number of nitrogens with zero attached hydrogens (tertiary/aromatic N) is 2. The molecule has 0 spiro atoms. The molecule has 1 aromatic heterocycles. The van der Waals surface area contributed by atoms with Crippen molar-refractivity contribution in [2.45, 2.75) is 13.1 Å². The summed E-state index contributed by atoms with van der Waals surface area (Å²) in [6.07, 6.45) is 0.822. The van der Waals surface area contributed by atoms with Gasteiger partial charge in [0.05, 0.1) is 5.69 Å². The Balaban J connectivity index is 2.36. The molecule has 0 fully saturated rings. The molecule has 0 saturated heterocycles. The average Bonchev–Trinajstić information content (AvgIpc) is 2.43. The van der Waals surface area contributed by atoms with Crippen LogP contribution >= 0.6 is 11.3 Å². The van der Waals surface area contributed by atoms with Gasteiger partial charge in [0.25, 0.3) is 0 Å². The van der Waals surface area contributed by atoms with E-state index in [0.717, 1.165) is 25.1 Å². The molecular formula is C7H8N2OS. The Morgan fingerprint density at radius 1 is 1.64 bits per heavy atom. The summed E-state index contributed by atoms with van der Waals surface area (Å²) in [6.45, 7) is 1.83. The topological polar surface area (TPSA) is 33.2 Å². The number of hydrogen-bond donors (Lipinski definition) is 0. The Morgan fingerprint density at radius 3 is 3.09 bits per heavy atom. The first-order chi connectivity index (χ1) is 5.29. The molecular weight excluding hydrogens is 160 g/mol. The fraction of sp³-hybridized carbons (Fsp3) is 0.429. The highest BCUT2D eigenvalue weighted by molar-refractivity contribution is 7.13. The lowest BCUT2D eigenvalue weighted by atomic mass is 10.4. The van der Waals surface area contributed by atoms with E-state index in [9.17, 15) is 4.79 Å². The first-order valence-corrected chi connectivity index (χ1v) is 4.23. The standard InChI is InChI=1S/C7H8N2OS/c1-9-2-5-6(3-9)11-7(4-10)8-5/h4H,2-3H2,1H3. The summed E-state index contributed by atoms with van der Waals surface area (Å²) >= 11 is 1.50. The van der Waals surface area contributed by atoms with Crippen LogP contribution < -0.4 is 0 Å². The molecule has 1 aliphatic rings. The van der Waals surface area contributed by atoms with Crippen molar-refractivity contribution in [2.75, 3.05) is 7.05 Å². The largest absolute Gasteiger partial charge is 0.295 e. The van der Waals surface area contributed by atoms with Gasteiger partial charge in [0.15, 0.2) is 11.3 Å². The summed E-state index contributed by atoms with van der Waals surface area (Å²) < 4.78 is 0. The molecule has 1 aliphatic heterocycles. The van der Waals surface area contributed by atoms with Gasteiger partial charge in [0.1, 0.15) is 0 Å². The quantitative estimate of drug-likeness (QED) is 0.584. The van der Waals surface area contributed by atoms with Gasteiger partial charge in [-0.05, 0) is 7.05 Å². The van der Waals surface area contributed by atoms with Gasteiger partial charge >= 0.3 is 0 Å². The van der Waals surface area contributed by atoms with Crippen molar-refractivity contribution in [1.82, 2.24) is 9.88 Å². The molecule has 0 aliphatic carbocycles. The maximum absolute atomic E-state index is 10.3. The predicted octanol–water partition coefficient (Wildman–Crippen LogP) is 0.901. The molecule has 1 aromatic rings. The van der Waals surface area contributed by atoms with E-state index in [4.69, 9.17) is 0 Å². The number of thiazole rings is 1. The normalized spacial score (nSPS) is 16.8. The van der Waals surface area contributed by atoms with Crippen molar-refractivity contribution < 1.29 is 4.79 Å². The van der Waals surface area contributed by atoms with Gasteiger partial charge in [-0.15, -0.1) is 11.3 Å². The van der Waals surface area contributed by atoms with Gasteiger partial charge in [-0.25, -0.2) is 4.98 Å². The smallest absolute Gasteiger partial charge is 0.178 e. The van der Waals surface area contributed by atoms with Gasteiger partial charge in [-0.3, -0.25) is 9.69 Å². The SMILES string of the molecule is CN1Cc2nc(C=O)sc2C1. The molecule has 2 rings (SSSR count). The fourth-order valence-corrected chi connectivity index (χ4v) is 2.23. The maximum Gasteiger partial charge on any atom is 0.178 e. The van der Waals surface area contributed by atoms with E-state index in [2.05, 4.69) is 16.9 Å². The van der Waals surface area contributed by atoms with Gasteiger partial charge in [0.2, 0.25) is 0 Å². The van der Waals surface area contributed by atoms with Crippen molar-refractivity contribution in [3.63, 3.8) is 0 Å². The summed E-state index contributed by atoms with van der Waals surface area (Å²) in [4.78, 5) is 17.9. The molecule has 0 amide bonds. The molecule has 4 heteroatoms. The zero-order valence-electron chi connectivity index (χ0n) is 6.20. The van der Waals surface area contributed by atoms with Crippen molar-refractivity contribution >= 4 is 17.6 Å². The second-order valence-corrected chi connectivity index (χ2v) is 3.83. The van der Waals surface area contributed by atoms with E-state index in [-0.39, 0.29) is 0 Å². The highest BCUT2D eigenvalue weighted by Gasteiger charge is 2.19. The van der Waals surface area contributed by atoms with Crippen LogP contribution in [0, 0.1) is 0 Å². The van der Waals surface area contributed by atoms with Gasteiger partial charge < -0.3 is 0 Å². The molecule has 0 atom stereocenters. The Kier molecular flexibility index (Phi) is 1.51. The third kappa shape index (κ3) is 1.08. The second kappa shape index (κ2) is 2.39. The first kappa shape index (κ1) is 6.94. The zero-order chi connectivity index (χ0) is 7.84. The third-order valence-corrected chi connectivity index (χ3v) is 2.74. The number of hydrogen-bond acceptors (Lipinski definition) is 4. The van der Waals surface area contributed by atoms with E-state index in [1.807, 2.05) is 0 Å². The fourth-order valence-electron chi connectivity index (χ4n) is 1.26. The molecule has 2 heterocycles. The summed E-state index contributed by atoms with van der Waals surface area (Å²) in [7, 11) is 2.05. The highest BCUT2D eigenvalue weighted by atomic mass is 32.1. The van der Waals surface area contributed by atoms with Crippen molar-refractivity contribution in [2.24, 2.45) is 0 Å². The van der Waals surface area contributed by atoms with Crippen LogP contribution in [0.25, 0.3) is 0 Å².